The summed E-state index contributed by atoms with van der Waals surface area (Å²) in [5.41, 5.74) is 0. The first-order chi connectivity index (χ1) is 5.88. The SMILES string of the molecule is [B][C@H]1C[C@@H](O)[C@@H](/C=C/P(=O)([O-])[OH2+])O1. The Hall–Kier alpha value is -0.125. The fourth-order valence-corrected chi connectivity index (χ4v) is 1.49. The van der Waals surface area contributed by atoms with Crippen LogP contribution >= 0.6 is 7.60 Å². The highest BCUT2D eigenvalue weighted by Crippen LogP contribution is 2.32. The third-order valence-corrected chi connectivity index (χ3v) is 2.22. The Balaban J connectivity index is 2.55. The van der Waals surface area contributed by atoms with Gasteiger partial charge in [-0.3, -0.25) is 0 Å². The Morgan fingerprint density at radius 1 is 1.77 bits per heavy atom. The van der Waals surface area contributed by atoms with Gasteiger partial charge in [-0.1, -0.05) is 0 Å². The van der Waals surface area contributed by atoms with Gasteiger partial charge in [0.1, 0.15) is 14.0 Å². The molecule has 7 heteroatoms. The summed E-state index contributed by atoms with van der Waals surface area (Å²) in [4.78, 5) is 17.0. The second-order valence-corrected chi connectivity index (χ2v) is 4.37. The predicted molar refractivity (Wildman–Crippen MR) is 45.4 cm³/mol. The summed E-state index contributed by atoms with van der Waals surface area (Å²) in [6, 6.07) is -0.568. The van der Waals surface area contributed by atoms with Crippen molar-refractivity contribution in [1.29, 1.82) is 0 Å². The molecule has 5 nitrogen and oxygen atoms in total. The molecule has 3 N–H and O–H groups in total. The van der Waals surface area contributed by atoms with Crippen molar-refractivity contribution in [2.75, 3.05) is 0 Å². The minimum absolute atomic E-state index is 0.274. The summed E-state index contributed by atoms with van der Waals surface area (Å²) in [5, 5.41) is 9.25. The molecule has 1 heterocycles. The van der Waals surface area contributed by atoms with Gasteiger partial charge in [-0.15, -0.1) is 0 Å². The number of aliphatic hydroxyl groups is 1. The molecule has 0 spiro atoms. The molecule has 1 aliphatic heterocycles. The summed E-state index contributed by atoms with van der Waals surface area (Å²) < 4.78 is 15.4. The number of hydrogen-bond acceptors (Lipinski definition) is 4. The van der Waals surface area contributed by atoms with Gasteiger partial charge in [0.05, 0.1) is 6.10 Å². The molecule has 1 unspecified atom stereocenters. The minimum Gasteiger partial charge on any atom is -0.733 e. The van der Waals surface area contributed by atoms with Crippen LogP contribution < -0.4 is 4.89 Å². The molecular formula is C6H10BO5P. The van der Waals surface area contributed by atoms with Gasteiger partial charge in [0.15, 0.2) is 0 Å². The van der Waals surface area contributed by atoms with Crippen LogP contribution in [0.15, 0.2) is 11.9 Å². The van der Waals surface area contributed by atoms with E-state index in [0.717, 1.165) is 6.08 Å². The van der Waals surface area contributed by atoms with Crippen molar-refractivity contribution < 1.29 is 24.2 Å². The molecule has 72 valence electrons. The van der Waals surface area contributed by atoms with Crippen LogP contribution in [-0.4, -0.2) is 36.1 Å². The lowest BCUT2D eigenvalue weighted by molar-refractivity contribution is -0.189. The maximum atomic E-state index is 10.4. The molecule has 0 aliphatic carbocycles. The van der Waals surface area contributed by atoms with E-state index in [4.69, 9.17) is 17.5 Å². The van der Waals surface area contributed by atoms with Crippen LogP contribution in [-0.2, 0) is 9.30 Å². The lowest BCUT2D eigenvalue weighted by atomic mass is 9.96. The molecule has 0 amide bonds. The number of hydrogen-bond donors (Lipinski definition) is 1. The van der Waals surface area contributed by atoms with Crippen LogP contribution in [0, 0.1) is 0 Å². The molecule has 0 aromatic heterocycles. The smallest absolute Gasteiger partial charge is 0.301 e. The molecule has 0 saturated carbocycles. The zero-order valence-electron chi connectivity index (χ0n) is 6.79. The van der Waals surface area contributed by atoms with Crippen molar-refractivity contribution >= 4 is 15.4 Å². The molecular weight excluding hydrogens is 194 g/mol. The third-order valence-electron chi connectivity index (χ3n) is 1.66. The first-order valence-electron chi connectivity index (χ1n) is 3.73. The molecule has 1 saturated heterocycles. The Kier molecular flexibility index (Phi) is 3.32. The Bertz CT molecular complexity index is 249. The largest absolute Gasteiger partial charge is 0.733 e. The van der Waals surface area contributed by atoms with Gasteiger partial charge in [-0.25, -0.2) is 4.57 Å². The van der Waals surface area contributed by atoms with Crippen LogP contribution in [0.2, 0.25) is 0 Å². The van der Waals surface area contributed by atoms with Crippen molar-refractivity contribution in [2.45, 2.75) is 24.6 Å². The van der Waals surface area contributed by atoms with Crippen LogP contribution in [0.25, 0.3) is 0 Å². The molecule has 0 aromatic carbocycles. The van der Waals surface area contributed by atoms with Crippen LogP contribution in [0.3, 0.4) is 0 Å². The zero-order chi connectivity index (χ0) is 10.1. The Labute approximate surface area is 77.0 Å². The lowest BCUT2D eigenvalue weighted by Crippen LogP contribution is -2.17. The number of ether oxygens (including phenoxy) is 1. The molecule has 1 rings (SSSR count). The normalized spacial score (nSPS) is 39.5. The van der Waals surface area contributed by atoms with E-state index in [2.05, 4.69) is 0 Å². The highest BCUT2D eigenvalue weighted by atomic mass is 31.2. The summed E-state index contributed by atoms with van der Waals surface area (Å²) in [7, 11) is 1.17. The Morgan fingerprint density at radius 3 is 2.77 bits per heavy atom. The van der Waals surface area contributed by atoms with Crippen LogP contribution in [0.1, 0.15) is 6.42 Å². The van der Waals surface area contributed by atoms with Crippen LogP contribution in [0.4, 0.5) is 0 Å². The molecule has 13 heavy (non-hydrogen) atoms. The van der Waals surface area contributed by atoms with Crippen LogP contribution in [0.5, 0.6) is 0 Å². The van der Waals surface area contributed by atoms with E-state index in [-0.39, 0.29) is 6.42 Å². The van der Waals surface area contributed by atoms with E-state index in [1.807, 2.05) is 0 Å². The average Bonchev–Trinajstić information content (AvgIpc) is 2.24. The first kappa shape index (κ1) is 11.0. The lowest BCUT2D eigenvalue weighted by Gasteiger charge is -2.10. The summed E-state index contributed by atoms with van der Waals surface area (Å²) in [6.45, 7) is 0. The van der Waals surface area contributed by atoms with E-state index in [1.165, 1.54) is 0 Å². The predicted octanol–water partition coefficient (Wildman–Crippen LogP) is -1.58. The molecule has 0 aromatic rings. The number of aliphatic hydroxyl groups excluding tert-OH is 1. The van der Waals surface area contributed by atoms with E-state index >= 15 is 0 Å². The van der Waals surface area contributed by atoms with Crippen molar-refractivity contribution in [2.24, 2.45) is 0 Å². The summed E-state index contributed by atoms with van der Waals surface area (Å²) in [6.07, 6.45) is -0.102. The maximum absolute atomic E-state index is 10.4. The summed E-state index contributed by atoms with van der Waals surface area (Å²) in [5.74, 6) is 0.707. The Morgan fingerprint density at radius 2 is 2.38 bits per heavy atom. The molecule has 0 bridgehead atoms. The second kappa shape index (κ2) is 3.94. The van der Waals surface area contributed by atoms with E-state index < -0.39 is 25.8 Å². The molecule has 4 atom stereocenters. The van der Waals surface area contributed by atoms with Crippen molar-refractivity contribution in [3.05, 3.63) is 11.9 Å². The van der Waals surface area contributed by atoms with Gasteiger partial charge in [0, 0.05) is 11.8 Å². The van der Waals surface area contributed by atoms with Crippen molar-refractivity contribution in [3.63, 3.8) is 0 Å². The molecule has 1 aliphatic rings. The van der Waals surface area contributed by atoms with Crippen molar-refractivity contribution in [1.82, 2.24) is 0 Å². The van der Waals surface area contributed by atoms with Gasteiger partial charge in [0.2, 0.25) is 0 Å². The maximum Gasteiger partial charge on any atom is 0.301 e. The highest BCUT2D eigenvalue weighted by molar-refractivity contribution is 7.53. The highest BCUT2D eigenvalue weighted by Gasteiger charge is 2.29. The average molecular weight is 204 g/mol. The fourth-order valence-electron chi connectivity index (χ4n) is 1.09. The van der Waals surface area contributed by atoms with Crippen molar-refractivity contribution in [3.8, 4) is 0 Å². The topological polar surface area (TPSA) is 92.5 Å². The van der Waals surface area contributed by atoms with E-state index in [9.17, 15) is 14.6 Å². The quantitative estimate of drug-likeness (QED) is 0.333. The second-order valence-electron chi connectivity index (χ2n) is 2.88. The minimum atomic E-state index is -4.18. The van der Waals surface area contributed by atoms with Gasteiger partial charge in [-0.2, -0.15) is 0 Å². The van der Waals surface area contributed by atoms with Gasteiger partial charge >= 0.3 is 7.60 Å². The zero-order valence-corrected chi connectivity index (χ0v) is 7.68. The summed E-state index contributed by atoms with van der Waals surface area (Å²) >= 11 is 0. The van der Waals surface area contributed by atoms with Gasteiger partial charge < -0.3 is 19.6 Å². The monoisotopic (exact) mass is 204 g/mol. The number of rotatable bonds is 2. The fraction of sp³-hybridized carbons (Fsp3) is 0.667. The molecule has 1 fully saturated rings. The third kappa shape index (κ3) is 3.62. The standard InChI is InChI=1S/C6H10BO5P/c7-6-3-4(8)5(12-6)1-2-13(9,10)11/h1-2,4-6,8H,3H2,(H2,9,10,11)/b2-1+/t4-,5-,6-/m1/s1. The van der Waals surface area contributed by atoms with E-state index in [1.54, 1.807) is 0 Å². The molecule has 2 radical (unpaired) electrons. The van der Waals surface area contributed by atoms with Gasteiger partial charge in [-0.05, 0) is 12.5 Å². The first-order valence-corrected chi connectivity index (χ1v) is 5.42. The van der Waals surface area contributed by atoms with Gasteiger partial charge in [0.25, 0.3) is 0 Å². The van der Waals surface area contributed by atoms with E-state index in [0.29, 0.717) is 5.82 Å².